The van der Waals surface area contributed by atoms with Gasteiger partial charge in [0.25, 0.3) is 0 Å². The Balaban J connectivity index is 0.000000319. The van der Waals surface area contributed by atoms with Gasteiger partial charge >= 0.3 is 0 Å². The molecule has 2 fully saturated rings. The average molecular weight is 419 g/mol. The van der Waals surface area contributed by atoms with Crippen LogP contribution in [-0.4, -0.2) is 43.4 Å². The molecule has 5 heteroatoms. The summed E-state index contributed by atoms with van der Waals surface area (Å²) < 4.78 is 10.6. The van der Waals surface area contributed by atoms with E-state index < -0.39 is 0 Å². The lowest BCUT2D eigenvalue weighted by atomic mass is 10.0. The molecule has 2 aromatic carbocycles. The Morgan fingerprint density at radius 1 is 0.690 bits per heavy atom. The third kappa shape index (κ3) is 8.85. The van der Waals surface area contributed by atoms with Crippen LogP contribution in [-0.2, 0) is 22.6 Å². The minimum Gasteiger partial charge on any atom is -0.381 e. The largest absolute Gasteiger partial charge is 0.381 e. The van der Waals surface area contributed by atoms with Crippen molar-refractivity contribution in [1.82, 2.24) is 4.90 Å². The molecule has 0 radical (unpaired) electrons. The molecule has 4 rings (SSSR count). The highest BCUT2D eigenvalue weighted by Gasteiger charge is 2.21. The molecule has 160 valence electrons. The van der Waals surface area contributed by atoms with Crippen LogP contribution in [0.15, 0.2) is 60.7 Å². The highest BCUT2D eigenvalue weighted by Crippen LogP contribution is 2.20. The molecule has 2 N–H and O–H groups in total. The highest BCUT2D eigenvalue weighted by molar-refractivity contribution is 5.85. The minimum absolute atomic E-state index is 0. The van der Waals surface area contributed by atoms with Crippen molar-refractivity contribution in [2.75, 3.05) is 26.4 Å². The zero-order chi connectivity index (χ0) is 19.4. The molecule has 0 bridgehead atoms. The number of nitrogens with two attached hydrogens (primary N) is 1. The van der Waals surface area contributed by atoms with Gasteiger partial charge in [-0.2, -0.15) is 0 Å². The summed E-state index contributed by atoms with van der Waals surface area (Å²) in [4.78, 5) is 2.60. The molecular formula is C24H35ClN2O2. The summed E-state index contributed by atoms with van der Waals surface area (Å²) in [5, 5.41) is 0. The molecule has 0 atom stereocenters. The van der Waals surface area contributed by atoms with Gasteiger partial charge in [-0.1, -0.05) is 60.7 Å². The van der Waals surface area contributed by atoms with E-state index in [0.717, 1.165) is 65.2 Å². The Labute approximate surface area is 181 Å². The van der Waals surface area contributed by atoms with Gasteiger partial charge in [0.05, 0.1) is 0 Å². The van der Waals surface area contributed by atoms with Crippen molar-refractivity contribution in [2.45, 2.75) is 50.9 Å². The SMILES string of the molecule is Cl.NC1CCOCC1.c1ccc(CN(Cc2ccccc2)C2CCOCC2)cc1. The van der Waals surface area contributed by atoms with E-state index in [9.17, 15) is 0 Å². The Bertz CT molecular complexity index is 603. The molecule has 2 aliphatic heterocycles. The first-order valence-electron chi connectivity index (χ1n) is 10.5. The molecule has 2 aromatic rings. The molecular weight excluding hydrogens is 384 g/mol. The zero-order valence-corrected chi connectivity index (χ0v) is 18.1. The van der Waals surface area contributed by atoms with Crippen LogP contribution in [0.5, 0.6) is 0 Å². The van der Waals surface area contributed by atoms with Gasteiger partial charge < -0.3 is 15.2 Å². The van der Waals surface area contributed by atoms with E-state index >= 15 is 0 Å². The summed E-state index contributed by atoms with van der Waals surface area (Å²) in [6, 6.07) is 22.6. The minimum atomic E-state index is 0. The van der Waals surface area contributed by atoms with Gasteiger partial charge in [0, 0.05) is 51.6 Å². The van der Waals surface area contributed by atoms with Gasteiger partial charge in [-0.3, -0.25) is 4.90 Å². The van der Waals surface area contributed by atoms with Crippen molar-refractivity contribution < 1.29 is 9.47 Å². The topological polar surface area (TPSA) is 47.7 Å². The monoisotopic (exact) mass is 418 g/mol. The molecule has 2 heterocycles. The molecule has 0 spiro atoms. The summed E-state index contributed by atoms with van der Waals surface area (Å²) in [5.41, 5.74) is 8.33. The predicted octanol–water partition coefficient (Wildman–Crippen LogP) is 4.41. The van der Waals surface area contributed by atoms with E-state index in [1.165, 1.54) is 11.1 Å². The average Bonchev–Trinajstić information content (AvgIpc) is 2.76. The fourth-order valence-corrected chi connectivity index (χ4v) is 3.72. The number of hydrogen-bond acceptors (Lipinski definition) is 4. The summed E-state index contributed by atoms with van der Waals surface area (Å²) in [5.74, 6) is 0. The molecule has 2 aliphatic rings. The summed E-state index contributed by atoms with van der Waals surface area (Å²) in [7, 11) is 0. The van der Waals surface area contributed by atoms with Crippen LogP contribution in [0.3, 0.4) is 0 Å². The Morgan fingerprint density at radius 2 is 1.10 bits per heavy atom. The number of nitrogens with zero attached hydrogens (tertiary/aromatic N) is 1. The third-order valence-corrected chi connectivity index (χ3v) is 5.43. The van der Waals surface area contributed by atoms with Crippen molar-refractivity contribution in [2.24, 2.45) is 5.73 Å². The number of halogens is 1. The molecule has 0 aromatic heterocycles. The molecule has 0 aliphatic carbocycles. The maximum atomic E-state index is 5.55. The van der Waals surface area contributed by atoms with Crippen molar-refractivity contribution in [1.29, 1.82) is 0 Å². The third-order valence-electron chi connectivity index (χ3n) is 5.43. The highest BCUT2D eigenvalue weighted by atomic mass is 35.5. The lowest BCUT2D eigenvalue weighted by Gasteiger charge is -2.34. The van der Waals surface area contributed by atoms with Crippen LogP contribution in [0.1, 0.15) is 36.8 Å². The molecule has 0 unspecified atom stereocenters. The van der Waals surface area contributed by atoms with Gasteiger partial charge in [0.1, 0.15) is 0 Å². The Hall–Kier alpha value is -1.43. The molecule has 29 heavy (non-hydrogen) atoms. The van der Waals surface area contributed by atoms with Gasteiger partial charge in [-0.15, -0.1) is 12.4 Å². The lowest BCUT2D eigenvalue weighted by Crippen LogP contribution is -2.38. The van der Waals surface area contributed by atoms with Crippen LogP contribution in [0.2, 0.25) is 0 Å². The van der Waals surface area contributed by atoms with Crippen molar-refractivity contribution in [3.8, 4) is 0 Å². The standard InChI is InChI=1S/C19H23NO.C5H11NO.ClH/c1-3-7-17(8-4-1)15-20(19-11-13-21-14-12-19)16-18-9-5-2-6-10-18;6-5-1-3-7-4-2-5;/h1-10,19H,11-16H2;5H,1-4,6H2;1H. The fraction of sp³-hybridized carbons (Fsp3) is 0.500. The van der Waals surface area contributed by atoms with E-state index in [0.29, 0.717) is 12.1 Å². The number of rotatable bonds is 5. The van der Waals surface area contributed by atoms with E-state index in [-0.39, 0.29) is 12.4 Å². The molecule has 2 saturated heterocycles. The van der Waals surface area contributed by atoms with Crippen LogP contribution < -0.4 is 5.73 Å². The first-order valence-corrected chi connectivity index (χ1v) is 10.5. The van der Waals surface area contributed by atoms with E-state index in [2.05, 4.69) is 65.6 Å². The van der Waals surface area contributed by atoms with Gasteiger partial charge in [-0.05, 0) is 36.8 Å². The fourth-order valence-electron chi connectivity index (χ4n) is 3.72. The first kappa shape index (κ1) is 23.8. The number of ether oxygens (including phenoxy) is 2. The summed E-state index contributed by atoms with van der Waals surface area (Å²) >= 11 is 0. The molecule has 0 amide bonds. The van der Waals surface area contributed by atoms with Crippen molar-refractivity contribution in [3.05, 3.63) is 71.8 Å². The van der Waals surface area contributed by atoms with Gasteiger partial charge in [-0.25, -0.2) is 0 Å². The predicted molar refractivity (Wildman–Crippen MR) is 121 cm³/mol. The van der Waals surface area contributed by atoms with Crippen molar-refractivity contribution >= 4 is 12.4 Å². The van der Waals surface area contributed by atoms with Crippen LogP contribution in [0, 0.1) is 0 Å². The molecule has 4 nitrogen and oxygen atoms in total. The summed E-state index contributed by atoms with van der Waals surface area (Å²) in [6.45, 7) is 5.54. The first-order chi connectivity index (χ1) is 13.8. The second kappa shape index (κ2) is 13.7. The normalized spacial score (nSPS) is 17.9. The van der Waals surface area contributed by atoms with Gasteiger partial charge in [0.15, 0.2) is 0 Å². The van der Waals surface area contributed by atoms with Crippen molar-refractivity contribution in [3.63, 3.8) is 0 Å². The van der Waals surface area contributed by atoms with E-state index in [4.69, 9.17) is 15.2 Å². The zero-order valence-electron chi connectivity index (χ0n) is 17.2. The van der Waals surface area contributed by atoms with Gasteiger partial charge in [0.2, 0.25) is 0 Å². The molecule has 0 saturated carbocycles. The Morgan fingerprint density at radius 3 is 1.48 bits per heavy atom. The maximum Gasteiger partial charge on any atom is 0.0480 e. The number of benzene rings is 2. The lowest BCUT2D eigenvalue weighted by molar-refractivity contribution is 0.0277. The van der Waals surface area contributed by atoms with E-state index in [1.807, 2.05) is 0 Å². The van der Waals surface area contributed by atoms with E-state index in [1.54, 1.807) is 0 Å². The number of hydrogen-bond donors (Lipinski definition) is 1. The maximum absolute atomic E-state index is 5.55. The summed E-state index contributed by atoms with van der Waals surface area (Å²) in [6.07, 6.45) is 4.36. The smallest absolute Gasteiger partial charge is 0.0480 e. The second-order valence-corrected chi connectivity index (χ2v) is 7.67. The van der Waals surface area contributed by atoms with Crippen LogP contribution in [0.25, 0.3) is 0 Å². The second-order valence-electron chi connectivity index (χ2n) is 7.67. The quantitative estimate of drug-likeness (QED) is 0.781. The van der Waals surface area contributed by atoms with Crippen LogP contribution >= 0.6 is 12.4 Å². The Kier molecular flexibility index (Phi) is 11.3. The van der Waals surface area contributed by atoms with Crippen LogP contribution in [0.4, 0.5) is 0 Å².